The molecule has 0 radical (unpaired) electrons. The summed E-state index contributed by atoms with van der Waals surface area (Å²) in [5.41, 5.74) is 2.17. The minimum absolute atomic E-state index is 0.600. The average molecular weight is 337 g/mol. The minimum Gasteiger partial charge on any atom is -0.362 e. The van der Waals surface area contributed by atoms with Crippen molar-refractivity contribution in [1.82, 2.24) is 5.32 Å². The molecule has 2 N–H and O–H groups in total. The van der Waals surface area contributed by atoms with Gasteiger partial charge in [0.15, 0.2) is 5.11 Å². The van der Waals surface area contributed by atoms with Crippen LogP contribution in [-0.2, 0) is 5.75 Å². The van der Waals surface area contributed by atoms with E-state index in [0.717, 1.165) is 23.7 Å². The maximum absolute atomic E-state index is 6.07. The largest absolute Gasteiger partial charge is 0.362 e. The molecule has 0 aromatic heterocycles. The molecule has 0 saturated carbocycles. The molecule has 0 amide bonds. The number of para-hydroxylation sites is 1. The molecule has 21 heavy (non-hydrogen) atoms. The summed E-state index contributed by atoms with van der Waals surface area (Å²) < 4.78 is 0. The normalized spacial score (nSPS) is 10.1. The molecule has 110 valence electrons. The molecule has 0 bridgehead atoms. The van der Waals surface area contributed by atoms with Gasteiger partial charge in [-0.3, -0.25) is 0 Å². The van der Waals surface area contributed by atoms with Gasteiger partial charge in [0, 0.05) is 18.1 Å². The SMILES string of the molecule is S=C(NCCSCc1ccccc1)Nc1ccccc1Cl. The van der Waals surface area contributed by atoms with Gasteiger partial charge in [0.05, 0.1) is 10.7 Å². The molecule has 0 heterocycles. The van der Waals surface area contributed by atoms with E-state index in [4.69, 9.17) is 23.8 Å². The fourth-order valence-corrected chi connectivity index (χ4v) is 2.94. The van der Waals surface area contributed by atoms with Gasteiger partial charge in [-0.05, 0) is 29.9 Å². The minimum atomic E-state index is 0.600. The van der Waals surface area contributed by atoms with Crippen molar-refractivity contribution in [2.75, 3.05) is 17.6 Å². The number of benzene rings is 2. The Kier molecular flexibility index (Phi) is 6.86. The predicted molar refractivity (Wildman–Crippen MR) is 98.3 cm³/mol. The van der Waals surface area contributed by atoms with Crippen molar-refractivity contribution in [3.05, 3.63) is 65.2 Å². The molecular formula is C16H17ClN2S2. The molecular weight excluding hydrogens is 320 g/mol. The smallest absolute Gasteiger partial charge is 0.170 e. The van der Waals surface area contributed by atoms with Crippen LogP contribution in [0.15, 0.2) is 54.6 Å². The second-order valence-electron chi connectivity index (χ2n) is 4.40. The highest BCUT2D eigenvalue weighted by molar-refractivity contribution is 7.98. The molecule has 2 aromatic rings. The lowest BCUT2D eigenvalue weighted by molar-refractivity contribution is 0.990. The summed E-state index contributed by atoms with van der Waals surface area (Å²) in [7, 11) is 0. The summed E-state index contributed by atoms with van der Waals surface area (Å²) >= 11 is 13.2. The summed E-state index contributed by atoms with van der Waals surface area (Å²) in [6, 6.07) is 18.0. The summed E-state index contributed by atoms with van der Waals surface area (Å²) in [4.78, 5) is 0. The summed E-state index contributed by atoms with van der Waals surface area (Å²) in [5, 5.41) is 7.55. The van der Waals surface area contributed by atoms with Crippen LogP contribution in [0.4, 0.5) is 5.69 Å². The lowest BCUT2D eigenvalue weighted by Gasteiger charge is -2.11. The average Bonchev–Trinajstić information content (AvgIpc) is 2.50. The van der Waals surface area contributed by atoms with Gasteiger partial charge in [-0.25, -0.2) is 0 Å². The Balaban J connectivity index is 1.63. The van der Waals surface area contributed by atoms with Gasteiger partial charge in [-0.15, -0.1) is 0 Å². The first-order valence-electron chi connectivity index (χ1n) is 6.67. The monoisotopic (exact) mass is 336 g/mol. The van der Waals surface area contributed by atoms with Crippen molar-refractivity contribution in [2.45, 2.75) is 5.75 Å². The zero-order valence-electron chi connectivity index (χ0n) is 11.5. The molecule has 0 fully saturated rings. The number of anilines is 1. The fraction of sp³-hybridized carbons (Fsp3) is 0.188. The number of halogens is 1. The Morgan fingerprint density at radius 1 is 1.05 bits per heavy atom. The second-order valence-corrected chi connectivity index (χ2v) is 6.32. The van der Waals surface area contributed by atoms with Crippen molar-refractivity contribution in [1.29, 1.82) is 0 Å². The maximum Gasteiger partial charge on any atom is 0.170 e. The first-order valence-corrected chi connectivity index (χ1v) is 8.61. The molecule has 0 spiro atoms. The highest BCUT2D eigenvalue weighted by atomic mass is 35.5. The van der Waals surface area contributed by atoms with E-state index in [0.29, 0.717) is 10.1 Å². The number of hydrogen-bond donors (Lipinski definition) is 2. The highest BCUT2D eigenvalue weighted by Crippen LogP contribution is 2.20. The van der Waals surface area contributed by atoms with Crippen LogP contribution in [-0.4, -0.2) is 17.4 Å². The lowest BCUT2D eigenvalue weighted by Crippen LogP contribution is -2.30. The molecule has 0 aliphatic carbocycles. The van der Waals surface area contributed by atoms with E-state index in [9.17, 15) is 0 Å². The topological polar surface area (TPSA) is 24.1 Å². The van der Waals surface area contributed by atoms with Crippen molar-refractivity contribution < 1.29 is 0 Å². The second kappa shape index (κ2) is 8.93. The van der Waals surface area contributed by atoms with Crippen LogP contribution in [0.1, 0.15) is 5.56 Å². The van der Waals surface area contributed by atoms with Crippen LogP contribution in [0, 0.1) is 0 Å². The van der Waals surface area contributed by atoms with Crippen LogP contribution in [0.25, 0.3) is 0 Å². The van der Waals surface area contributed by atoms with Gasteiger partial charge in [0.1, 0.15) is 0 Å². The van der Waals surface area contributed by atoms with Crippen molar-refractivity contribution >= 4 is 46.4 Å². The summed E-state index contributed by atoms with van der Waals surface area (Å²) in [5.74, 6) is 2.02. The number of thioether (sulfide) groups is 1. The number of thiocarbonyl (C=S) groups is 1. The maximum atomic E-state index is 6.07. The van der Waals surface area contributed by atoms with Crippen LogP contribution >= 0.6 is 35.6 Å². The van der Waals surface area contributed by atoms with E-state index in [2.05, 4.69) is 34.9 Å². The predicted octanol–water partition coefficient (Wildman–Crippen LogP) is 4.56. The molecule has 2 aromatic carbocycles. The molecule has 0 saturated heterocycles. The lowest BCUT2D eigenvalue weighted by atomic mass is 10.2. The molecule has 0 aliphatic heterocycles. The van der Waals surface area contributed by atoms with E-state index in [1.54, 1.807) is 0 Å². The third kappa shape index (κ3) is 5.96. The van der Waals surface area contributed by atoms with Crippen molar-refractivity contribution in [3.8, 4) is 0 Å². The van der Waals surface area contributed by atoms with Gasteiger partial charge in [-0.1, -0.05) is 54.1 Å². The van der Waals surface area contributed by atoms with Crippen LogP contribution in [0.3, 0.4) is 0 Å². The molecule has 2 nitrogen and oxygen atoms in total. The zero-order chi connectivity index (χ0) is 14.9. The van der Waals surface area contributed by atoms with Crippen LogP contribution in [0.5, 0.6) is 0 Å². The van der Waals surface area contributed by atoms with Crippen molar-refractivity contribution in [3.63, 3.8) is 0 Å². The van der Waals surface area contributed by atoms with Crippen molar-refractivity contribution in [2.24, 2.45) is 0 Å². The first kappa shape index (κ1) is 16.1. The Morgan fingerprint density at radius 3 is 2.52 bits per heavy atom. The molecule has 0 atom stereocenters. The van der Waals surface area contributed by atoms with Gasteiger partial charge in [0.2, 0.25) is 0 Å². The van der Waals surface area contributed by atoms with Gasteiger partial charge in [0.25, 0.3) is 0 Å². The zero-order valence-corrected chi connectivity index (χ0v) is 13.9. The summed E-state index contributed by atoms with van der Waals surface area (Å²) in [6.45, 7) is 0.827. The van der Waals surface area contributed by atoms with Gasteiger partial charge in [-0.2, -0.15) is 11.8 Å². The van der Waals surface area contributed by atoms with Gasteiger partial charge < -0.3 is 10.6 Å². The van der Waals surface area contributed by atoms with Crippen LogP contribution in [0.2, 0.25) is 5.02 Å². The molecule has 2 rings (SSSR count). The number of hydrogen-bond acceptors (Lipinski definition) is 2. The van der Waals surface area contributed by atoms with E-state index < -0.39 is 0 Å². The first-order chi connectivity index (χ1) is 10.3. The Morgan fingerprint density at radius 2 is 1.76 bits per heavy atom. The fourth-order valence-electron chi connectivity index (χ4n) is 1.73. The Hall–Kier alpha value is -1.23. The Bertz CT molecular complexity index is 575. The summed E-state index contributed by atoms with van der Waals surface area (Å²) in [6.07, 6.45) is 0. The number of nitrogens with one attached hydrogen (secondary N) is 2. The van der Waals surface area contributed by atoms with E-state index in [1.165, 1.54) is 5.56 Å². The third-order valence-corrected chi connectivity index (χ3v) is 4.37. The van der Waals surface area contributed by atoms with E-state index in [1.807, 2.05) is 42.1 Å². The number of rotatable bonds is 6. The molecule has 5 heteroatoms. The standard InChI is InChI=1S/C16H17ClN2S2/c17-14-8-4-5-9-15(14)19-16(20)18-10-11-21-12-13-6-2-1-3-7-13/h1-9H,10-12H2,(H2,18,19,20). The molecule has 0 unspecified atom stereocenters. The van der Waals surface area contributed by atoms with Crippen LogP contribution < -0.4 is 10.6 Å². The van der Waals surface area contributed by atoms with Gasteiger partial charge >= 0.3 is 0 Å². The highest BCUT2D eigenvalue weighted by Gasteiger charge is 2.01. The quantitative estimate of drug-likeness (QED) is 0.596. The third-order valence-electron chi connectivity index (χ3n) is 2.77. The van der Waals surface area contributed by atoms with E-state index in [-0.39, 0.29) is 0 Å². The Labute approximate surface area is 140 Å². The molecule has 0 aliphatic rings. The van der Waals surface area contributed by atoms with E-state index >= 15 is 0 Å².